The third kappa shape index (κ3) is 2.57. The second-order valence-corrected chi connectivity index (χ2v) is 6.70. The van der Waals surface area contributed by atoms with Crippen molar-refractivity contribution < 1.29 is 23.9 Å². The maximum absolute atomic E-state index is 10.6. The number of aromatic nitrogens is 1. The molecule has 1 aliphatic rings. The van der Waals surface area contributed by atoms with E-state index in [1.54, 1.807) is 21.3 Å². The van der Waals surface area contributed by atoms with Gasteiger partial charge in [-0.05, 0) is 36.2 Å². The molecule has 0 spiro atoms. The summed E-state index contributed by atoms with van der Waals surface area (Å²) in [6, 6.07) is 8.00. The summed E-state index contributed by atoms with van der Waals surface area (Å²) in [6.07, 6.45) is 3.78. The van der Waals surface area contributed by atoms with Crippen LogP contribution >= 0.6 is 0 Å². The Bertz CT molecular complexity index is 1040. The fourth-order valence-corrected chi connectivity index (χ4v) is 4.11. The van der Waals surface area contributed by atoms with E-state index >= 15 is 0 Å². The van der Waals surface area contributed by atoms with Gasteiger partial charge in [0.15, 0.2) is 35.7 Å². The standard InChI is InChI=1S/C22H23NO4/c1-5-14-15-6-7-18(25-2)22(24)17(15)12-23-9-8-13-10-19(26-3)20(27-4)11-16(13)21(14)23/h6-7,10-12H,5,8-9H2,1-4H3/p+1. The molecule has 0 unspecified atom stereocenters. The normalized spacial score (nSPS) is 12.4. The topological polar surface area (TPSA) is 51.8 Å². The summed E-state index contributed by atoms with van der Waals surface area (Å²) in [5.41, 5.74) is 4.79. The van der Waals surface area contributed by atoms with E-state index < -0.39 is 0 Å². The summed E-state index contributed by atoms with van der Waals surface area (Å²) in [5.74, 6) is 2.17. The molecule has 5 heteroatoms. The number of pyridine rings is 1. The lowest BCUT2D eigenvalue weighted by Crippen LogP contribution is -2.41. The number of methoxy groups -OCH3 is 3. The highest BCUT2D eigenvalue weighted by Crippen LogP contribution is 2.42. The lowest BCUT2D eigenvalue weighted by atomic mass is 9.90. The minimum atomic E-state index is 0.193. The summed E-state index contributed by atoms with van der Waals surface area (Å²) in [6.45, 7) is 2.99. The molecule has 0 atom stereocenters. The molecule has 0 amide bonds. The van der Waals surface area contributed by atoms with Gasteiger partial charge in [0.05, 0.1) is 32.3 Å². The molecule has 0 saturated heterocycles. The van der Waals surface area contributed by atoms with Crippen molar-refractivity contribution in [1.82, 2.24) is 0 Å². The van der Waals surface area contributed by atoms with Crippen molar-refractivity contribution in [1.29, 1.82) is 0 Å². The van der Waals surface area contributed by atoms with E-state index in [9.17, 15) is 5.11 Å². The van der Waals surface area contributed by atoms with Gasteiger partial charge >= 0.3 is 0 Å². The van der Waals surface area contributed by atoms with Crippen LogP contribution in [0.1, 0.15) is 18.1 Å². The van der Waals surface area contributed by atoms with Crippen LogP contribution in [0, 0.1) is 0 Å². The predicted octanol–water partition coefficient (Wildman–Crippen LogP) is 3.64. The molecule has 5 nitrogen and oxygen atoms in total. The number of ether oxygens (including phenoxy) is 3. The van der Waals surface area contributed by atoms with Crippen LogP contribution in [0.4, 0.5) is 0 Å². The number of fused-ring (bicyclic) bond motifs is 4. The molecule has 2 aromatic carbocycles. The van der Waals surface area contributed by atoms with Gasteiger partial charge < -0.3 is 19.3 Å². The van der Waals surface area contributed by atoms with Gasteiger partial charge in [0.25, 0.3) is 0 Å². The lowest BCUT2D eigenvalue weighted by Gasteiger charge is -2.21. The molecule has 0 bridgehead atoms. The van der Waals surface area contributed by atoms with Crippen LogP contribution in [0.5, 0.6) is 23.0 Å². The van der Waals surface area contributed by atoms with Gasteiger partial charge in [-0.1, -0.05) is 6.92 Å². The number of aromatic hydroxyl groups is 1. The van der Waals surface area contributed by atoms with Crippen molar-refractivity contribution in [3.63, 3.8) is 0 Å². The Morgan fingerprint density at radius 3 is 2.33 bits per heavy atom. The third-order valence-corrected chi connectivity index (χ3v) is 5.42. The van der Waals surface area contributed by atoms with Gasteiger partial charge in [-0.2, -0.15) is 4.57 Å². The summed E-state index contributed by atoms with van der Waals surface area (Å²) in [4.78, 5) is 0. The van der Waals surface area contributed by atoms with Crippen molar-refractivity contribution in [2.75, 3.05) is 21.3 Å². The molecule has 140 valence electrons. The molecule has 1 aliphatic heterocycles. The molecule has 0 aliphatic carbocycles. The highest BCUT2D eigenvalue weighted by atomic mass is 16.5. The Hall–Kier alpha value is -2.95. The molecular formula is C22H24NO4+. The molecule has 0 fully saturated rings. The van der Waals surface area contributed by atoms with Crippen molar-refractivity contribution in [2.24, 2.45) is 0 Å². The highest BCUT2D eigenvalue weighted by molar-refractivity contribution is 5.94. The fourth-order valence-electron chi connectivity index (χ4n) is 4.11. The molecule has 2 heterocycles. The average molecular weight is 366 g/mol. The van der Waals surface area contributed by atoms with E-state index in [0.29, 0.717) is 5.75 Å². The molecule has 0 radical (unpaired) electrons. The molecule has 3 aromatic rings. The zero-order valence-electron chi connectivity index (χ0n) is 16.1. The van der Waals surface area contributed by atoms with Crippen molar-refractivity contribution in [3.8, 4) is 34.3 Å². The van der Waals surface area contributed by atoms with Gasteiger partial charge in [-0.25, -0.2) is 0 Å². The van der Waals surface area contributed by atoms with Crippen LogP contribution in [-0.2, 0) is 19.4 Å². The summed E-state index contributed by atoms with van der Waals surface area (Å²) in [7, 11) is 4.90. The van der Waals surface area contributed by atoms with Gasteiger partial charge in [-0.3, -0.25) is 0 Å². The number of nitrogens with zero attached hydrogens (tertiary/aromatic N) is 1. The van der Waals surface area contributed by atoms with E-state index in [-0.39, 0.29) is 5.75 Å². The minimum Gasteiger partial charge on any atom is -0.504 e. The quantitative estimate of drug-likeness (QED) is 0.716. The molecule has 1 aromatic heterocycles. The summed E-state index contributed by atoms with van der Waals surface area (Å²) >= 11 is 0. The maximum atomic E-state index is 10.6. The first-order valence-electron chi connectivity index (χ1n) is 9.13. The van der Waals surface area contributed by atoms with Crippen LogP contribution in [0.2, 0.25) is 0 Å². The second-order valence-electron chi connectivity index (χ2n) is 6.70. The number of hydrogen-bond acceptors (Lipinski definition) is 4. The Morgan fingerprint density at radius 2 is 1.67 bits per heavy atom. The number of benzene rings is 2. The average Bonchev–Trinajstić information content (AvgIpc) is 2.71. The molecule has 0 saturated carbocycles. The Morgan fingerprint density at radius 1 is 0.963 bits per heavy atom. The number of aryl methyl sites for hydroxylation is 3. The fraction of sp³-hybridized carbons (Fsp3) is 0.318. The monoisotopic (exact) mass is 366 g/mol. The molecule has 1 N–H and O–H groups in total. The number of phenolic OH excluding ortho intramolecular Hbond substituents is 1. The van der Waals surface area contributed by atoms with E-state index in [4.69, 9.17) is 14.2 Å². The lowest BCUT2D eigenvalue weighted by molar-refractivity contribution is -0.686. The van der Waals surface area contributed by atoms with Crippen molar-refractivity contribution in [3.05, 3.63) is 41.6 Å². The minimum absolute atomic E-state index is 0.193. The smallest absolute Gasteiger partial charge is 0.216 e. The van der Waals surface area contributed by atoms with E-state index in [1.807, 2.05) is 18.3 Å². The van der Waals surface area contributed by atoms with Crippen LogP contribution in [-0.4, -0.2) is 26.4 Å². The summed E-state index contributed by atoms with van der Waals surface area (Å²) < 4.78 is 18.5. The van der Waals surface area contributed by atoms with Gasteiger partial charge in [-0.15, -0.1) is 0 Å². The molecule has 4 rings (SSSR count). The molecular weight excluding hydrogens is 342 g/mol. The Balaban J connectivity index is 2.05. The number of rotatable bonds is 4. The van der Waals surface area contributed by atoms with E-state index in [1.165, 1.54) is 16.8 Å². The van der Waals surface area contributed by atoms with Gasteiger partial charge in [0, 0.05) is 17.4 Å². The number of hydrogen-bond donors (Lipinski definition) is 1. The maximum Gasteiger partial charge on any atom is 0.216 e. The van der Waals surface area contributed by atoms with Crippen LogP contribution < -0.4 is 18.8 Å². The number of phenols is 1. The Kier molecular flexibility index (Phi) is 4.30. The van der Waals surface area contributed by atoms with Crippen LogP contribution in [0.25, 0.3) is 22.0 Å². The largest absolute Gasteiger partial charge is 0.504 e. The Labute approximate surface area is 158 Å². The SMILES string of the molecule is CCc1c2[n+](cc3c(O)c(OC)ccc13)CCc1cc(OC)c(OC)cc1-2. The first kappa shape index (κ1) is 17.5. The van der Waals surface area contributed by atoms with E-state index in [2.05, 4.69) is 23.6 Å². The zero-order chi connectivity index (χ0) is 19.1. The first-order chi connectivity index (χ1) is 13.1. The van der Waals surface area contributed by atoms with Gasteiger partial charge in [0.2, 0.25) is 5.69 Å². The zero-order valence-corrected chi connectivity index (χ0v) is 16.1. The predicted molar refractivity (Wildman–Crippen MR) is 104 cm³/mol. The highest BCUT2D eigenvalue weighted by Gasteiger charge is 2.30. The van der Waals surface area contributed by atoms with Crippen molar-refractivity contribution in [2.45, 2.75) is 26.3 Å². The van der Waals surface area contributed by atoms with Crippen LogP contribution in [0.3, 0.4) is 0 Å². The first-order valence-corrected chi connectivity index (χ1v) is 9.13. The summed E-state index contributed by atoms with van der Waals surface area (Å²) in [5, 5.41) is 12.5. The van der Waals surface area contributed by atoms with E-state index in [0.717, 1.165) is 47.2 Å². The second kappa shape index (κ2) is 6.65. The van der Waals surface area contributed by atoms with Crippen molar-refractivity contribution >= 4 is 10.8 Å². The van der Waals surface area contributed by atoms with Crippen LogP contribution in [0.15, 0.2) is 30.5 Å². The molecule has 27 heavy (non-hydrogen) atoms. The van der Waals surface area contributed by atoms with Gasteiger partial charge in [0.1, 0.15) is 0 Å². The third-order valence-electron chi connectivity index (χ3n) is 5.42.